The van der Waals surface area contributed by atoms with Gasteiger partial charge in [0.2, 0.25) is 0 Å². The number of thioether (sulfide) groups is 1. The Labute approximate surface area is 128 Å². The number of ketones is 1. The molecule has 0 aromatic heterocycles. The largest absolute Gasteiger partial charge is 0.507 e. The number of halogens is 1. The van der Waals surface area contributed by atoms with Crippen LogP contribution in [0.2, 0.25) is 0 Å². The lowest BCUT2D eigenvalue weighted by Crippen LogP contribution is -1.97. The molecule has 0 unspecified atom stereocenters. The lowest BCUT2D eigenvalue weighted by atomic mass is 10.1. The van der Waals surface area contributed by atoms with Gasteiger partial charge in [0, 0.05) is 16.2 Å². The SMILES string of the molecule is CC(=O)c1cc(F)cc(CSc2ccc(C)cc2C)c1O. The Morgan fingerprint density at radius 3 is 2.57 bits per heavy atom. The minimum absolute atomic E-state index is 0.0335. The van der Waals surface area contributed by atoms with E-state index in [1.54, 1.807) is 0 Å². The van der Waals surface area contributed by atoms with Crippen LogP contribution in [0.5, 0.6) is 5.75 Å². The van der Waals surface area contributed by atoms with Gasteiger partial charge >= 0.3 is 0 Å². The van der Waals surface area contributed by atoms with Gasteiger partial charge in [-0.05, 0) is 44.5 Å². The van der Waals surface area contributed by atoms with E-state index < -0.39 is 5.82 Å². The predicted molar refractivity (Wildman–Crippen MR) is 83.5 cm³/mol. The van der Waals surface area contributed by atoms with Crippen LogP contribution in [0.3, 0.4) is 0 Å². The maximum atomic E-state index is 13.6. The smallest absolute Gasteiger partial charge is 0.163 e. The quantitative estimate of drug-likeness (QED) is 0.660. The minimum Gasteiger partial charge on any atom is -0.507 e. The first-order chi connectivity index (χ1) is 9.88. The van der Waals surface area contributed by atoms with E-state index in [2.05, 4.69) is 6.07 Å². The zero-order valence-corrected chi connectivity index (χ0v) is 13.1. The number of rotatable bonds is 4. The first-order valence-corrected chi connectivity index (χ1v) is 7.59. The summed E-state index contributed by atoms with van der Waals surface area (Å²) in [6.45, 7) is 5.36. The molecule has 2 rings (SSSR count). The number of aromatic hydroxyl groups is 1. The van der Waals surface area contributed by atoms with Crippen molar-refractivity contribution < 1.29 is 14.3 Å². The van der Waals surface area contributed by atoms with Crippen LogP contribution in [0.1, 0.15) is 34.0 Å². The van der Waals surface area contributed by atoms with Crippen molar-refractivity contribution in [2.45, 2.75) is 31.4 Å². The Bertz CT molecular complexity index is 695. The Morgan fingerprint density at radius 1 is 1.24 bits per heavy atom. The first kappa shape index (κ1) is 15.6. The number of phenolic OH excluding ortho intramolecular Hbond substituents is 1. The highest BCUT2D eigenvalue weighted by Gasteiger charge is 2.14. The van der Waals surface area contributed by atoms with E-state index in [0.29, 0.717) is 11.3 Å². The molecule has 0 radical (unpaired) electrons. The van der Waals surface area contributed by atoms with Gasteiger partial charge in [-0.1, -0.05) is 17.7 Å². The van der Waals surface area contributed by atoms with Crippen molar-refractivity contribution in [1.29, 1.82) is 0 Å². The molecule has 0 heterocycles. The molecule has 0 atom stereocenters. The van der Waals surface area contributed by atoms with Crippen molar-refractivity contribution in [3.63, 3.8) is 0 Å². The summed E-state index contributed by atoms with van der Waals surface area (Å²) in [6.07, 6.45) is 0. The van der Waals surface area contributed by atoms with Gasteiger partial charge in [-0.3, -0.25) is 4.79 Å². The number of hydrogen-bond donors (Lipinski definition) is 1. The number of Topliss-reactive ketones (excluding diaryl/α,β-unsaturated/α-hetero) is 1. The third-order valence-electron chi connectivity index (χ3n) is 3.25. The van der Waals surface area contributed by atoms with Gasteiger partial charge in [0.05, 0.1) is 5.56 Å². The molecule has 1 N–H and O–H groups in total. The van der Waals surface area contributed by atoms with Gasteiger partial charge in [-0.25, -0.2) is 4.39 Å². The number of carbonyl (C=O) groups is 1. The third-order valence-corrected chi connectivity index (χ3v) is 4.47. The highest BCUT2D eigenvalue weighted by atomic mass is 32.2. The highest BCUT2D eigenvalue weighted by Crippen LogP contribution is 2.32. The molecule has 0 bridgehead atoms. The lowest BCUT2D eigenvalue weighted by molar-refractivity contribution is 0.101. The van der Waals surface area contributed by atoms with Crippen LogP contribution in [0.4, 0.5) is 4.39 Å². The average molecular weight is 304 g/mol. The maximum Gasteiger partial charge on any atom is 0.163 e. The molecular weight excluding hydrogens is 287 g/mol. The third kappa shape index (κ3) is 3.64. The summed E-state index contributed by atoms with van der Waals surface area (Å²) in [7, 11) is 0. The molecule has 0 spiro atoms. The fourth-order valence-corrected chi connectivity index (χ4v) is 3.13. The monoisotopic (exact) mass is 304 g/mol. The van der Waals surface area contributed by atoms with Crippen LogP contribution in [0.25, 0.3) is 0 Å². The summed E-state index contributed by atoms with van der Waals surface area (Å²) in [5.41, 5.74) is 2.79. The lowest BCUT2D eigenvalue weighted by Gasteiger charge is -2.10. The number of hydrogen-bond acceptors (Lipinski definition) is 3. The molecule has 0 aliphatic carbocycles. The molecule has 0 aliphatic heterocycles. The average Bonchev–Trinajstić information content (AvgIpc) is 2.40. The number of phenols is 1. The van der Waals surface area contributed by atoms with Gasteiger partial charge in [-0.2, -0.15) is 0 Å². The topological polar surface area (TPSA) is 37.3 Å². The second kappa shape index (κ2) is 6.31. The van der Waals surface area contributed by atoms with Crippen molar-refractivity contribution >= 4 is 17.5 Å². The molecule has 4 heteroatoms. The fraction of sp³-hybridized carbons (Fsp3) is 0.235. The summed E-state index contributed by atoms with van der Waals surface area (Å²) in [5, 5.41) is 10.1. The van der Waals surface area contributed by atoms with Crippen molar-refractivity contribution in [1.82, 2.24) is 0 Å². The molecule has 2 aromatic carbocycles. The number of benzene rings is 2. The highest BCUT2D eigenvalue weighted by molar-refractivity contribution is 7.98. The van der Waals surface area contributed by atoms with E-state index in [0.717, 1.165) is 16.5 Å². The van der Waals surface area contributed by atoms with E-state index in [-0.39, 0.29) is 17.1 Å². The summed E-state index contributed by atoms with van der Waals surface area (Å²) >= 11 is 1.51. The molecule has 110 valence electrons. The Hall–Kier alpha value is -1.81. The molecule has 2 nitrogen and oxygen atoms in total. The van der Waals surface area contributed by atoms with Gasteiger partial charge in [0.1, 0.15) is 11.6 Å². The van der Waals surface area contributed by atoms with E-state index in [1.165, 1.54) is 30.3 Å². The fourth-order valence-electron chi connectivity index (χ4n) is 2.15. The maximum absolute atomic E-state index is 13.6. The van der Waals surface area contributed by atoms with Crippen molar-refractivity contribution in [2.24, 2.45) is 0 Å². The first-order valence-electron chi connectivity index (χ1n) is 6.61. The predicted octanol–water partition coefficient (Wildman–Crippen LogP) is 4.64. The van der Waals surface area contributed by atoms with Crippen molar-refractivity contribution in [3.05, 3.63) is 58.4 Å². The van der Waals surface area contributed by atoms with Crippen LogP contribution in [-0.4, -0.2) is 10.9 Å². The molecule has 21 heavy (non-hydrogen) atoms. The Kier molecular flexibility index (Phi) is 4.68. The van der Waals surface area contributed by atoms with Crippen LogP contribution in [0.15, 0.2) is 35.2 Å². The van der Waals surface area contributed by atoms with Crippen molar-refractivity contribution in [2.75, 3.05) is 0 Å². The van der Waals surface area contributed by atoms with Gasteiger partial charge in [0.25, 0.3) is 0 Å². The second-order valence-corrected chi connectivity index (χ2v) is 6.09. The zero-order valence-electron chi connectivity index (χ0n) is 12.2. The molecular formula is C17H17FO2S. The number of carbonyl (C=O) groups excluding carboxylic acids is 1. The molecule has 2 aromatic rings. The van der Waals surface area contributed by atoms with E-state index in [9.17, 15) is 14.3 Å². The molecule has 0 saturated heterocycles. The Balaban J connectivity index is 2.26. The minimum atomic E-state index is -0.505. The van der Waals surface area contributed by atoms with Gasteiger partial charge in [-0.15, -0.1) is 11.8 Å². The molecule has 0 aliphatic rings. The van der Waals surface area contributed by atoms with Crippen LogP contribution in [-0.2, 0) is 5.75 Å². The summed E-state index contributed by atoms with van der Waals surface area (Å²) < 4.78 is 13.6. The molecule has 0 fully saturated rings. The van der Waals surface area contributed by atoms with Crippen LogP contribution in [0, 0.1) is 19.7 Å². The molecule has 0 amide bonds. The normalized spacial score (nSPS) is 10.7. The second-order valence-electron chi connectivity index (χ2n) is 5.07. The number of aryl methyl sites for hydroxylation is 2. The summed E-state index contributed by atoms with van der Waals surface area (Å²) in [6, 6.07) is 8.45. The van der Waals surface area contributed by atoms with Crippen LogP contribution >= 0.6 is 11.8 Å². The summed E-state index contributed by atoms with van der Waals surface area (Å²) in [5.74, 6) is -0.562. The van der Waals surface area contributed by atoms with E-state index in [4.69, 9.17) is 0 Å². The standard InChI is InChI=1S/C17H17FO2S/c1-10-4-5-16(11(2)6-10)21-9-13-7-14(18)8-15(12(3)19)17(13)20/h4-8,20H,9H2,1-3H3. The van der Waals surface area contributed by atoms with Gasteiger partial charge in [0.15, 0.2) is 5.78 Å². The van der Waals surface area contributed by atoms with Crippen molar-refractivity contribution in [3.8, 4) is 5.75 Å². The van der Waals surface area contributed by atoms with E-state index >= 15 is 0 Å². The van der Waals surface area contributed by atoms with E-state index in [1.807, 2.05) is 26.0 Å². The molecule has 0 saturated carbocycles. The zero-order chi connectivity index (χ0) is 15.6. The Morgan fingerprint density at radius 2 is 1.95 bits per heavy atom. The van der Waals surface area contributed by atoms with Crippen LogP contribution < -0.4 is 0 Å². The van der Waals surface area contributed by atoms with Gasteiger partial charge < -0.3 is 5.11 Å². The summed E-state index contributed by atoms with van der Waals surface area (Å²) in [4.78, 5) is 12.5.